The molecule has 4 nitrogen and oxygen atoms in total. The summed E-state index contributed by atoms with van der Waals surface area (Å²) >= 11 is 0. The van der Waals surface area contributed by atoms with E-state index in [1.54, 1.807) is 0 Å². The lowest BCUT2D eigenvalue weighted by molar-refractivity contribution is -0.145. The highest BCUT2D eigenvalue weighted by atomic mass is 16.4. The molecule has 0 bridgehead atoms. The van der Waals surface area contributed by atoms with Crippen molar-refractivity contribution in [3.05, 3.63) is 0 Å². The molecule has 0 heterocycles. The maximum Gasteiger partial charge on any atom is 0.323 e. The third-order valence-electron chi connectivity index (χ3n) is 5.07. The van der Waals surface area contributed by atoms with Crippen LogP contribution in [-0.4, -0.2) is 46.7 Å². The highest BCUT2D eigenvalue weighted by molar-refractivity contribution is 5.78. The minimum Gasteiger partial charge on any atom is -0.480 e. The first-order valence-corrected chi connectivity index (χ1v) is 8.40. The normalized spacial score (nSPS) is 27.6. The van der Waals surface area contributed by atoms with Crippen LogP contribution in [0.15, 0.2) is 0 Å². The van der Waals surface area contributed by atoms with E-state index in [9.17, 15) is 9.90 Å². The molecule has 1 saturated carbocycles. The first kappa shape index (κ1) is 18.4. The van der Waals surface area contributed by atoms with Crippen LogP contribution in [0.1, 0.15) is 66.7 Å². The number of aliphatic carboxylic acids is 1. The zero-order valence-electron chi connectivity index (χ0n) is 14.6. The molecule has 2 N–H and O–H groups in total. The van der Waals surface area contributed by atoms with Crippen molar-refractivity contribution in [2.45, 2.75) is 90.4 Å². The second kappa shape index (κ2) is 7.59. The van der Waals surface area contributed by atoms with Crippen molar-refractivity contribution in [1.82, 2.24) is 10.2 Å². The molecule has 0 spiro atoms. The van der Waals surface area contributed by atoms with Gasteiger partial charge in [0.2, 0.25) is 0 Å². The second-order valence-corrected chi connectivity index (χ2v) is 7.48. The summed E-state index contributed by atoms with van der Waals surface area (Å²) in [6, 6.07) is 1.01. The predicted molar refractivity (Wildman–Crippen MR) is 87.6 cm³/mol. The highest BCUT2D eigenvalue weighted by Crippen LogP contribution is 2.30. The van der Waals surface area contributed by atoms with E-state index in [-0.39, 0.29) is 12.1 Å². The Labute approximate surface area is 130 Å². The van der Waals surface area contributed by atoms with Crippen molar-refractivity contribution in [1.29, 1.82) is 0 Å². The first-order chi connectivity index (χ1) is 9.67. The van der Waals surface area contributed by atoms with Gasteiger partial charge in [0.1, 0.15) is 5.54 Å². The molecule has 0 amide bonds. The molecule has 0 saturated heterocycles. The molecule has 0 aromatic heterocycles. The molecule has 4 heteroatoms. The van der Waals surface area contributed by atoms with Gasteiger partial charge in [0.25, 0.3) is 0 Å². The molecule has 4 unspecified atom stereocenters. The van der Waals surface area contributed by atoms with E-state index < -0.39 is 11.5 Å². The van der Waals surface area contributed by atoms with E-state index >= 15 is 0 Å². The topological polar surface area (TPSA) is 52.6 Å². The molecule has 1 rings (SSSR count). The fourth-order valence-electron chi connectivity index (χ4n) is 3.81. The highest BCUT2D eigenvalue weighted by Gasteiger charge is 2.37. The number of carboxylic acids is 1. The molecule has 0 aromatic rings. The van der Waals surface area contributed by atoms with Crippen molar-refractivity contribution in [2.75, 3.05) is 7.05 Å². The van der Waals surface area contributed by atoms with Crippen molar-refractivity contribution in [3.8, 4) is 0 Å². The Kier molecular flexibility index (Phi) is 6.67. The van der Waals surface area contributed by atoms with Gasteiger partial charge in [-0.25, -0.2) is 0 Å². The fraction of sp³-hybridized carbons (Fsp3) is 0.941. The Morgan fingerprint density at radius 3 is 2.38 bits per heavy atom. The Hall–Kier alpha value is -0.610. The maximum atomic E-state index is 11.7. The molecule has 0 radical (unpaired) electrons. The minimum absolute atomic E-state index is 0.164. The Morgan fingerprint density at radius 2 is 1.90 bits per heavy atom. The number of hydrogen-bond donors (Lipinski definition) is 2. The van der Waals surface area contributed by atoms with Gasteiger partial charge in [-0.3, -0.25) is 10.1 Å². The van der Waals surface area contributed by atoms with Gasteiger partial charge in [-0.05, 0) is 59.9 Å². The Morgan fingerprint density at radius 1 is 1.33 bits per heavy atom. The van der Waals surface area contributed by atoms with Crippen molar-refractivity contribution >= 4 is 5.97 Å². The van der Waals surface area contributed by atoms with Crippen molar-refractivity contribution in [2.24, 2.45) is 5.92 Å². The van der Waals surface area contributed by atoms with Gasteiger partial charge in [0.15, 0.2) is 0 Å². The molecule has 0 aromatic carbocycles. The molecule has 21 heavy (non-hydrogen) atoms. The summed E-state index contributed by atoms with van der Waals surface area (Å²) < 4.78 is 0. The van der Waals surface area contributed by atoms with E-state index in [4.69, 9.17) is 0 Å². The van der Waals surface area contributed by atoms with Crippen LogP contribution in [0.25, 0.3) is 0 Å². The zero-order chi connectivity index (χ0) is 16.2. The van der Waals surface area contributed by atoms with Gasteiger partial charge in [-0.2, -0.15) is 0 Å². The Bertz CT molecular complexity index is 346. The van der Waals surface area contributed by atoms with Crippen LogP contribution < -0.4 is 5.32 Å². The molecule has 1 aliphatic carbocycles. The zero-order valence-corrected chi connectivity index (χ0v) is 14.6. The monoisotopic (exact) mass is 298 g/mol. The third kappa shape index (κ3) is 4.96. The van der Waals surface area contributed by atoms with Crippen LogP contribution in [-0.2, 0) is 4.79 Å². The van der Waals surface area contributed by atoms with Gasteiger partial charge < -0.3 is 10.0 Å². The molecule has 4 atom stereocenters. The summed E-state index contributed by atoms with van der Waals surface area (Å²) in [5, 5.41) is 12.8. The summed E-state index contributed by atoms with van der Waals surface area (Å²) in [5.74, 6) is -0.0477. The number of nitrogens with one attached hydrogen (secondary N) is 1. The van der Waals surface area contributed by atoms with Crippen molar-refractivity contribution < 1.29 is 9.90 Å². The van der Waals surface area contributed by atoms with Crippen LogP contribution in [0.4, 0.5) is 0 Å². The smallest absolute Gasteiger partial charge is 0.323 e. The largest absolute Gasteiger partial charge is 0.480 e. The third-order valence-corrected chi connectivity index (χ3v) is 5.07. The van der Waals surface area contributed by atoms with E-state index in [1.807, 2.05) is 20.8 Å². The van der Waals surface area contributed by atoms with Crippen molar-refractivity contribution in [3.63, 3.8) is 0 Å². The molecule has 1 fully saturated rings. The number of hydrogen-bond acceptors (Lipinski definition) is 3. The number of carboxylic acid groups (broad SMARTS) is 1. The van der Waals surface area contributed by atoms with Gasteiger partial charge in [-0.15, -0.1) is 0 Å². The van der Waals surface area contributed by atoms with Gasteiger partial charge >= 0.3 is 5.97 Å². The molecule has 124 valence electrons. The second-order valence-electron chi connectivity index (χ2n) is 7.48. The van der Waals surface area contributed by atoms with E-state index in [2.05, 4.69) is 31.1 Å². The number of carbonyl (C=O) groups is 1. The lowest BCUT2D eigenvalue weighted by Crippen LogP contribution is -2.56. The van der Waals surface area contributed by atoms with Gasteiger partial charge in [-0.1, -0.05) is 19.8 Å². The van der Waals surface area contributed by atoms with E-state index in [0.717, 1.165) is 0 Å². The SMILES string of the molecule is CC(C)NC(C)(CC(C)N(C)C1CCCCC1C)C(=O)O. The van der Waals surface area contributed by atoms with Crippen LogP contribution in [0, 0.1) is 5.92 Å². The van der Waals surface area contributed by atoms with Crippen LogP contribution in [0.3, 0.4) is 0 Å². The van der Waals surface area contributed by atoms with E-state index in [1.165, 1.54) is 25.7 Å². The number of rotatable bonds is 7. The summed E-state index contributed by atoms with van der Waals surface area (Å²) in [7, 11) is 2.16. The average Bonchev–Trinajstić information content (AvgIpc) is 2.37. The van der Waals surface area contributed by atoms with Gasteiger partial charge in [0.05, 0.1) is 0 Å². The van der Waals surface area contributed by atoms with Crippen LogP contribution in [0.5, 0.6) is 0 Å². The Balaban J connectivity index is 2.72. The summed E-state index contributed by atoms with van der Waals surface area (Å²) in [6.07, 6.45) is 5.79. The lowest BCUT2D eigenvalue weighted by atomic mass is 9.83. The standard InChI is InChI=1S/C17H34N2O2/c1-12(2)18-17(5,16(20)21)11-14(4)19(6)15-10-8-7-9-13(15)3/h12-15,18H,7-11H2,1-6H3,(H,20,21). The average molecular weight is 298 g/mol. The predicted octanol–water partition coefficient (Wildman–Crippen LogP) is 3.12. The molecule has 0 aliphatic heterocycles. The minimum atomic E-state index is -0.861. The maximum absolute atomic E-state index is 11.7. The summed E-state index contributed by atoms with van der Waals surface area (Å²) in [6.45, 7) is 10.3. The summed E-state index contributed by atoms with van der Waals surface area (Å²) in [5.41, 5.74) is -0.861. The van der Waals surface area contributed by atoms with Gasteiger partial charge in [0, 0.05) is 18.1 Å². The molecular weight excluding hydrogens is 264 g/mol. The van der Waals surface area contributed by atoms with Crippen LogP contribution >= 0.6 is 0 Å². The van der Waals surface area contributed by atoms with Crippen LogP contribution in [0.2, 0.25) is 0 Å². The quantitative estimate of drug-likeness (QED) is 0.758. The van der Waals surface area contributed by atoms with E-state index in [0.29, 0.717) is 18.4 Å². The summed E-state index contributed by atoms with van der Waals surface area (Å²) in [4.78, 5) is 14.1. The molecular formula is C17H34N2O2. The first-order valence-electron chi connectivity index (χ1n) is 8.40. The number of nitrogens with zero attached hydrogens (tertiary/aromatic N) is 1. The lowest BCUT2D eigenvalue weighted by Gasteiger charge is -2.42. The molecule has 1 aliphatic rings. The fourth-order valence-corrected chi connectivity index (χ4v) is 3.81.